The Hall–Kier alpha value is -2.77. The lowest BCUT2D eigenvalue weighted by atomic mass is 9.97. The van der Waals surface area contributed by atoms with E-state index in [1.165, 1.54) is 28.7 Å². The van der Waals surface area contributed by atoms with Crippen LogP contribution in [0.15, 0.2) is 30.3 Å². The molecule has 2 aromatic heterocycles. The van der Waals surface area contributed by atoms with Gasteiger partial charge in [0.15, 0.2) is 5.82 Å². The Morgan fingerprint density at radius 3 is 2.62 bits per heavy atom. The average molecular weight is 475 g/mol. The molecule has 1 aliphatic carbocycles. The van der Waals surface area contributed by atoms with Crippen molar-refractivity contribution in [2.75, 3.05) is 37.7 Å². The largest absolute Gasteiger partial charge is 0.368 e. The molecule has 2 aliphatic heterocycles. The maximum atomic E-state index is 12.8. The predicted octanol–water partition coefficient (Wildman–Crippen LogP) is 4.57. The number of nitrogens with zero attached hydrogens (tertiary/aromatic N) is 4. The molecule has 0 bridgehead atoms. The number of anilines is 1. The normalized spacial score (nSPS) is 20.9. The molecular weight excluding hydrogens is 444 g/mol. The number of carbonyl (C=O) groups is 1. The summed E-state index contributed by atoms with van der Waals surface area (Å²) >= 11 is 1.84. The van der Waals surface area contributed by atoms with Crippen molar-refractivity contribution < 1.29 is 9.53 Å². The number of fused-ring (bicyclic) bond motifs is 3. The number of aromatic nitrogens is 2. The summed E-state index contributed by atoms with van der Waals surface area (Å²) < 4.78 is 5.64. The van der Waals surface area contributed by atoms with E-state index in [0.29, 0.717) is 19.7 Å². The molecule has 2 saturated heterocycles. The maximum Gasteiger partial charge on any atom is 0.251 e. The smallest absolute Gasteiger partial charge is 0.251 e. The standard InChI is InChI=1S/C27H30N4O2S/c32-27(21-10-6-18-33-21)31-16-14-30(15-17-31)25-24-20-9-4-5-11-22(20)34-26(24)29-23(28-25)13-12-19-7-2-1-3-8-19/h1-3,7-8,12-13,21H,4-6,9-11,14-18H2/b13-12+. The van der Waals surface area contributed by atoms with Crippen LogP contribution in [0.3, 0.4) is 0 Å². The highest BCUT2D eigenvalue weighted by atomic mass is 32.1. The number of benzene rings is 1. The van der Waals surface area contributed by atoms with Gasteiger partial charge in [0.05, 0.1) is 5.39 Å². The fourth-order valence-electron chi connectivity index (χ4n) is 5.31. The third-order valence-electron chi connectivity index (χ3n) is 7.13. The third-order valence-corrected chi connectivity index (χ3v) is 8.32. The molecule has 176 valence electrons. The molecule has 2 fully saturated rings. The maximum absolute atomic E-state index is 12.8. The van der Waals surface area contributed by atoms with Crippen LogP contribution in [-0.2, 0) is 22.4 Å². The first-order valence-electron chi connectivity index (χ1n) is 12.5. The predicted molar refractivity (Wildman–Crippen MR) is 137 cm³/mol. The van der Waals surface area contributed by atoms with Gasteiger partial charge in [0, 0.05) is 37.7 Å². The number of ether oxygens (including phenoxy) is 1. The molecule has 0 N–H and O–H groups in total. The Kier molecular flexibility index (Phi) is 6.05. The first kappa shape index (κ1) is 21.7. The second-order valence-corrected chi connectivity index (χ2v) is 10.4. The molecule has 6 nitrogen and oxygen atoms in total. The molecule has 0 radical (unpaired) electrons. The number of hydrogen-bond donors (Lipinski definition) is 0. The number of carbonyl (C=O) groups excluding carboxylic acids is 1. The van der Waals surface area contributed by atoms with Crippen LogP contribution in [0, 0.1) is 0 Å². The van der Waals surface area contributed by atoms with Crippen LogP contribution in [0.1, 0.15) is 47.5 Å². The van der Waals surface area contributed by atoms with E-state index in [4.69, 9.17) is 14.7 Å². The molecule has 4 heterocycles. The minimum Gasteiger partial charge on any atom is -0.368 e. The number of amides is 1. The number of piperazine rings is 1. The molecule has 1 amide bonds. The van der Waals surface area contributed by atoms with E-state index in [1.807, 2.05) is 40.5 Å². The molecule has 3 aromatic rings. The fourth-order valence-corrected chi connectivity index (χ4v) is 6.57. The Labute approximate surface area is 204 Å². The first-order chi connectivity index (χ1) is 16.8. The molecule has 0 spiro atoms. The SMILES string of the molecule is O=C(C1CCCO1)N1CCN(c2nc(/C=C/c3ccccc3)nc3sc4c(c23)CCCC4)CC1. The monoisotopic (exact) mass is 474 g/mol. The third kappa shape index (κ3) is 4.23. The zero-order valence-electron chi connectivity index (χ0n) is 19.4. The van der Waals surface area contributed by atoms with Gasteiger partial charge in [-0.25, -0.2) is 9.97 Å². The van der Waals surface area contributed by atoms with E-state index in [-0.39, 0.29) is 12.0 Å². The van der Waals surface area contributed by atoms with Gasteiger partial charge in [-0.15, -0.1) is 11.3 Å². The van der Waals surface area contributed by atoms with Gasteiger partial charge < -0.3 is 14.5 Å². The van der Waals surface area contributed by atoms with E-state index < -0.39 is 0 Å². The van der Waals surface area contributed by atoms with Crippen molar-refractivity contribution in [2.24, 2.45) is 0 Å². The minimum absolute atomic E-state index is 0.157. The summed E-state index contributed by atoms with van der Waals surface area (Å²) in [6, 6.07) is 10.3. The van der Waals surface area contributed by atoms with E-state index in [2.05, 4.69) is 23.1 Å². The second kappa shape index (κ2) is 9.47. The highest BCUT2D eigenvalue weighted by Crippen LogP contribution is 2.40. The summed E-state index contributed by atoms with van der Waals surface area (Å²) in [6.07, 6.45) is 10.4. The average Bonchev–Trinajstić information content (AvgIpc) is 3.56. The molecule has 3 aliphatic rings. The summed E-state index contributed by atoms with van der Waals surface area (Å²) in [5.41, 5.74) is 2.59. The molecule has 1 atom stereocenters. The molecular formula is C27H30N4O2S. The van der Waals surface area contributed by atoms with Gasteiger partial charge in [-0.2, -0.15) is 0 Å². The van der Waals surface area contributed by atoms with Crippen LogP contribution < -0.4 is 4.90 Å². The fraction of sp³-hybridized carbons (Fsp3) is 0.444. The Bertz CT molecular complexity index is 1210. The highest BCUT2D eigenvalue weighted by molar-refractivity contribution is 7.19. The number of aryl methyl sites for hydroxylation is 2. The zero-order valence-corrected chi connectivity index (χ0v) is 20.2. The molecule has 1 aromatic carbocycles. The van der Waals surface area contributed by atoms with Crippen molar-refractivity contribution in [2.45, 2.75) is 44.6 Å². The van der Waals surface area contributed by atoms with Gasteiger partial charge in [0.25, 0.3) is 5.91 Å². The zero-order chi connectivity index (χ0) is 22.9. The lowest BCUT2D eigenvalue weighted by Crippen LogP contribution is -2.51. The molecule has 0 saturated carbocycles. The van der Waals surface area contributed by atoms with Crippen molar-refractivity contribution in [1.29, 1.82) is 0 Å². The summed E-state index contributed by atoms with van der Waals surface area (Å²) in [4.78, 5) is 29.8. The summed E-state index contributed by atoms with van der Waals surface area (Å²) in [5.74, 6) is 1.95. The summed E-state index contributed by atoms with van der Waals surface area (Å²) in [5, 5.41) is 1.25. The lowest BCUT2D eigenvalue weighted by Gasteiger charge is -2.36. The molecule has 6 rings (SSSR count). The minimum atomic E-state index is -0.240. The van der Waals surface area contributed by atoms with Gasteiger partial charge in [-0.05, 0) is 55.7 Å². The van der Waals surface area contributed by atoms with E-state index in [9.17, 15) is 4.79 Å². The molecule has 7 heteroatoms. The summed E-state index contributed by atoms with van der Waals surface area (Å²) in [6.45, 7) is 3.71. The molecule has 1 unspecified atom stereocenters. The number of thiophene rings is 1. The van der Waals surface area contributed by atoms with Crippen molar-refractivity contribution in [3.05, 3.63) is 52.2 Å². The van der Waals surface area contributed by atoms with Gasteiger partial charge in [0.1, 0.15) is 16.8 Å². The molecule has 34 heavy (non-hydrogen) atoms. The summed E-state index contributed by atoms with van der Waals surface area (Å²) in [7, 11) is 0. The van der Waals surface area contributed by atoms with Crippen LogP contribution in [-0.4, -0.2) is 59.7 Å². The van der Waals surface area contributed by atoms with Crippen molar-refractivity contribution in [3.63, 3.8) is 0 Å². The van der Waals surface area contributed by atoms with E-state index >= 15 is 0 Å². The number of rotatable bonds is 4. The van der Waals surface area contributed by atoms with Crippen molar-refractivity contribution in [3.8, 4) is 0 Å². The Balaban J connectivity index is 1.31. The van der Waals surface area contributed by atoms with E-state index in [0.717, 1.165) is 60.8 Å². The van der Waals surface area contributed by atoms with Crippen LogP contribution in [0.4, 0.5) is 5.82 Å². The van der Waals surface area contributed by atoms with Gasteiger partial charge >= 0.3 is 0 Å². The Morgan fingerprint density at radius 1 is 1.00 bits per heavy atom. The van der Waals surface area contributed by atoms with Crippen LogP contribution in [0.2, 0.25) is 0 Å². The second-order valence-electron chi connectivity index (χ2n) is 9.35. The van der Waals surface area contributed by atoms with Crippen LogP contribution in [0.5, 0.6) is 0 Å². The topological polar surface area (TPSA) is 58.6 Å². The van der Waals surface area contributed by atoms with Gasteiger partial charge in [-0.1, -0.05) is 36.4 Å². The van der Waals surface area contributed by atoms with Crippen molar-refractivity contribution in [1.82, 2.24) is 14.9 Å². The van der Waals surface area contributed by atoms with Crippen LogP contribution >= 0.6 is 11.3 Å². The first-order valence-corrected chi connectivity index (χ1v) is 13.3. The van der Waals surface area contributed by atoms with Gasteiger partial charge in [-0.3, -0.25) is 4.79 Å². The highest BCUT2D eigenvalue weighted by Gasteiger charge is 2.32. The van der Waals surface area contributed by atoms with E-state index in [1.54, 1.807) is 0 Å². The quantitative estimate of drug-likeness (QED) is 0.555. The van der Waals surface area contributed by atoms with Crippen molar-refractivity contribution >= 4 is 45.4 Å². The number of hydrogen-bond acceptors (Lipinski definition) is 6. The van der Waals surface area contributed by atoms with Gasteiger partial charge in [0.2, 0.25) is 0 Å². The Morgan fingerprint density at radius 2 is 1.82 bits per heavy atom. The van der Waals surface area contributed by atoms with Crippen LogP contribution in [0.25, 0.3) is 22.4 Å². The lowest BCUT2D eigenvalue weighted by molar-refractivity contribution is -0.141.